The van der Waals surface area contributed by atoms with Crippen molar-refractivity contribution < 1.29 is 14.3 Å². The van der Waals surface area contributed by atoms with Gasteiger partial charge in [-0.25, -0.2) is 4.79 Å². The monoisotopic (exact) mass is 263 g/mol. The standard InChI is InChI=1S/C15H21NO3/c1-11-9-16(14(17)19-15(2,3)4)10-12-7-5-6-8-13(12)18-11/h5-8,11H,9-10H2,1-4H3/t11-/m0/s1. The predicted octanol–water partition coefficient (Wildman–Crippen LogP) is 3.20. The molecule has 0 radical (unpaired) electrons. The molecular weight excluding hydrogens is 242 g/mol. The first-order valence-corrected chi connectivity index (χ1v) is 6.57. The molecule has 2 rings (SSSR count). The molecule has 0 N–H and O–H groups in total. The van der Waals surface area contributed by atoms with Crippen molar-refractivity contribution in [2.75, 3.05) is 6.54 Å². The first-order valence-electron chi connectivity index (χ1n) is 6.57. The van der Waals surface area contributed by atoms with Crippen molar-refractivity contribution in [2.45, 2.75) is 45.9 Å². The van der Waals surface area contributed by atoms with Crippen molar-refractivity contribution in [1.29, 1.82) is 0 Å². The molecule has 0 spiro atoms. The highest BCUT2D eigenvalue weighted by Gasteiger charge is 2.27. The summed E-state index contributed by atoms with van der Waals surface area (Å²) >= 11 is 0. The molecule has 0 saturated carbocycles. The molecule has 19 heavy (non-hydrogen) atoms. The van der Waals surface area contributed by atoms with Crippen LogP contribution < -0.4 is 4.74 Å². The SMILES string of the molecule is C[C@H]1CN(C(=O)OC(C)(C)C)Cc2ccccc2O1. The number of benzene rings is 1. The Labute approximate surface area is 114 Å². The fraction of sp³-hybridized carbons (Fsp3) is 0.533. The molecule has 0 aliphatic carbocycles. The van der Waals surface area contributed by atoms with Gasteiger partial charge in [-0.1, -0.05) is 18.2 Å². The molecule has 104 valence electrons. The zero-order chi connectivity index (χ0) is 14.0. The molecule has 0 unspecified atom stereocenters. The Bertz CT molecular complexity index is 465. The molecule has 1 aromatic rings. The molecule has 4 heteroatoms. The fourth-order valence-electron chi connectivity index (χ4n) is 2.05. The van der Waals surface area contributed by atoms with Gasteiger partial charge in [-0.05, 0) is 33.8 Å². The molecule has 0 saturated heterocycles. The zero-order valence-corrected chi connectivity index (χ0v) is 12.0. The largest absolute Gasteiger partial charge is 0.489 e. The Morgan fingerprint density at radius 2 is 2.05 bits per heavy atom. The van der Waals surface area contributed by atoms with Crippen LogP contribution in [0.3, 0.4) is 0 Å². The summed E-state index contributed by atoms with van der Waals surface area (Å²) in [6, 6.07) is 7.80. The molecule has 1 heterocycles. The minimum atomic E-state index is -0.479. The number of ether oxygens (including phenoxy) is 2. The van der Waals surface area contributed by atoms with E-state index in [9.17, 15) is 4.79 Å². The van der Waals surface area contributed by atoms with Gasteiger partial charge in [0.15, 0.2) is 0 Å². The minimum Gasteiger partial charge on any atom is -0.489 e. The lowest BCUT2D eigenvalue weighted by Gasteiger charge is -2.27. The van der Waals surface area contributed by atoms with Crippen LogP contribution in [0.15, 0.2) is 24.3 Å². The lowest BCUT2D eigenvalue weighted by Crippen LogP contribution is -2.39. The Balaban J connectivity index is 2.17. The summed E-state index contributed by atoms with van der Waals surface area (Å²) in [7, 11) is 0. The number of amides is 1. The lowest BCUT2D eigenvalue weighted by atomic mass is 10.2. The Kier molecular flexibility index (Phi) is 3.69. The number of fused-ring (bicyclic) bond motifs is 1. The summed E-state index contributed by atoms with van der Waals surface area (Å²) in [5, 5.41) is 0. The van der Waals surface area contributed by atoms with E-state index >= 15 is 0 Å². The van der Waals surface area contributed by atoms with Crippen molar-refractivity contribution in [3.05, 3.63) is 29.8 Å². The fourth-order valence-corrected chi connectivity index (χ4v) is 2.05. The molecule has 1 aliphatic heterocycles. The normalized spacial score (nSPS) is 19.2. The van der Waals surface area contributed by atoms with Gasteiger partial charge in [0.25, 0.3) is 0 Å². The van der Waals surface area contributed by atoms with Gasteiger partial charge in [0.05, 0.1) is 13.1 Å². The van der Waals surface area contributed by atoms with E-state index in [1.165, 1.54) is 0 Å². The average molecular weight is 263 g/mol. The average Bonchev–Trinajstić information content (AvgIpc) is 2.44. The molecule has 0 bridgehead atoms. The number of rotatable bonds is 0. The minimum absolute atomic E-state index is 0.0452. The molecule has 1 atom stereocenters. The van der Waals surface area contributed by atoms with Gasteiger partial charge in [0.2, 0.25) is 0 Å². The maximum absolute atomic E-state index is 12.2. The molecular formula is C15H21NO3. The number of carbonyl (C=O) groups excluding carboxylic acids is 1. The zero-order valence-electron chi connectivity index (χ0n) is 12.0. The van der Waals surface area contributed by atoms with Crippen LogP contribution in [0.2, 0.25) is 0 Å². The van der Waals surface area contributed by atoms with Crippen molar-refractivity contribution >= 4 is 6.09 Å². The van der Waals surface area contributed by atoms with Crippen LogP contribution in [0.25, 0.3) is 0 Å². The second-order valence-electron chi connectivity index (χ2n) is 5.90. The van der Waals surface area contributed by atoms with Crippen LogP contribution in [0.1, 0.15) is 33.3 Å². The topological polar surface area (TPSA) is 38.8 Å². The van der Waals surface area contributed by atoms with Crippen molar-refractivity contribution in [1.82, 2.24) is 4.90 Å². The quantitative estimate of drug-likeness (QED) is 0.721. The predicted molar refractivity (Wildman–Crippen MR) is 73.2 cm³/mol. The number of carbonyl (C=O) groups is 1. The van der Waals surface area contributed by atoms with Gasteiger partial charge in [-0.3, -0.25) is 0 Å². The molecule has 4 nitrogen and oxygen atoms in total. The third-order valence-electron chi connectivity index (χ3n) is 2.79. The molecule has 0 aromatic heterocycles. The highest BCUT2D eigenvalue weighted by Crippen LogP contribution is 2.25. The summed E-state index contributed by atoms with van der Waals surface area (Å²) in [4.78, 5) is 13.9. The Morgan fingerprint density at radius 3 is 2.74 bits per heavy atom. The summed E-state index contributed by atoms with van der Waals surface area (Å²) in [6.07, 6.45) is -0.337. The van der Waals surface area contributed by atoms with E-state index in [2.05, 4.69) is 0 Å². The number of para-hydroxylation sites is 1. The molecule has 0 fully saturated rings. The van der Waals surface area contributed by atoms with Crippen LogP contribution in [0, 0.1) is 0 Å². The Hall–Kier alpha value is -1.71. The van der Waals surface area contributed by atoms with Crippen LogP contribution in [-0.4, -0.2) is 29.2 Å². The lowest BCUT2D eigenvalue weighted by molar-refractivity contribution is 0.0188. The third-order valence-corrected chi connectivity index (χ3v) is 2.79. The molecule has 1 amide bonds. The summed E-state index contributed by atoms with van der Waals surface area (Å²) in [5.74, 6) is 0.848. The van der Waals surface area contributed by atoms with Crippen LogP contribution in [-0.2, 0) is 11.3 Å². The van der Waals surface area contributed by atoms with Crippen molar-refractivity contribution in [2.24, 2.45) is 0 Å². The second-order valence-corrected chi connectivity index (χ2v) is 5.90. The molecule has 1 aliphatic rings. The van der Waals surface area contributed by atoms with E-state index in [0.717, 1.165) is 11.3 Å². The second kappa shape index (κ2) is 5.11. The summed E-state index contributed by atoms with van der Waals surface area (Å²) < 4.78 is 11.2. The number of hydrogen-bond acceptors (Lipinski definition) is 3. The van der Waals surface area contributed by atoms with E-state index in [1.807, 2.05) is 52.0 Å². The maximum atomic E-state index is 12.2. The smallest absolute Gasteiger partial charge is 0.410 e. The summed E-state index contributed by atoms with van der Waals surface area (Å²) in [5.41, 5.74) is 0.533. The van der Waals surface area contributed by atoms with Gasteiger partial charge in [-0.15, -0.1) is 0 Å². The van der Waals surface area contributed by atoms with Crippen molar-refractivity contribution in [3.8, 4) is 5.75 Å². The van der Waals surface area contributed by atoms with E-state index in [-0.39, 0.29) is 12.2 Å². The first kappa shape index (κ1) is 13.7. The highest BCUT2D eigenvalue weighted by atomic mass is 16.6. The van der Waals surface area contributed by atoms with Gasteiger partial charge >= 0.3 is 6.09 Å². The van der Waals surface area contributed by atoms with E-state index < -0.39 is 5.60 Å². The van der Waals surface area contributed by atoms with Gasteiger partial charge in [0, 0.05) is 5.56 Å². The number of hydrogen-bond donors (Lipinski definition) is 0. The number of nitrogens with zero attached hydrogens (tertiary/aromatic N) is 1. The van der Waals surface area contributed by atoms with Gasteiger partial charge in [0.1, 0.15) is 17.5 Å². The van der Waals surface area contributed by atoms with E-state index in [4.69, 9.17) is 9.47 Å². The van der Waals surface area contributed by atoms with Crippen LogP contribution >= 0.6 is 0 Å². The maximum Gasteiger partial charge on any atom is 0.410 e. The Morgan fingerprint density at radius 1 is 1.37 bits per heavy atom. The first-order chi connectivity index (χ1) is 8.85. The van der Waals surface area contributed by atoms with E-state index in [0.29, 0.717) is 13.1 Å². The van der Waals surface area contributed by atoms with Gasteiger partial charge < -0.3 is 14.4 Å². The van der Waals surface area contributed by atoms with Gasteiger partial charge in [-0.2, -0.15) is 0 Å². The summed E-state index contributed by atoms with van der Waals surface area (Å²) in [6.45, 7) is 8.63. The van der Waals surface area contributed by atoms with Crippen molar-refractivity contribution in [3.63, 3.8) is 0 Å². The molecule has 1 aromatic carbocycles. The van der Waals surface area contributed by atoms with E-state index in [1.54, 1.807) is 4.90 Å². The highest BCUT2D eigenvalue weighted by molar-refractivity contribution is 5.68. The third kappa shape index (κ3) is 3.63. The van der Waals surface area contributed by atoms with Crippen LogP contribution in [0.4, 0.5) is 4.79 Å². The van der Waals surface area contributed by atoms with Crippen LogP contribution in [0.5, 0.6) is 5.75 Å².